The maximum atomic E-state index is 13.4. The Morgan fingerprint density at radius 2 is 1.38 bits per heavy atom. The van der Waals surface area contributed by atoms with Gasteiger partial charge in [0, 0.05) is 33.6 Å². The number of amides is 3. The third kappa shape index (κ3) is 9.28. The molecule has 1 aliphatic carbocycles. The lowest BCUT2D eigenvalue weighted by molar-refractivity contribution is -0.226. The monoisotopic (exact) mass is 697 g/mol. The molecular weight excluding hydrogens is 658 g/mol. The zero-order valence-corrected chi connectivity index (χ0v) is 27.7. The second kappa shape index (κ2) is 16.6. The number of carbonyl (C=O) groups is 6. The first kappa shape index (κ1) is 37.2. The minimum absolute atomic E-state index is 0.0693. The van der Waals surface area contributed by atoms with Crippen molar-refractivity contribution < 1.29 is 62.7 Å². The molecule has 16 nitrogen and oxygen atoms in total. The van der Waals surface area contributed by atoms with Crippen LogP contribution in [-0.2, 0) is 47.7 Å². The summed E-state index contributed by atoms with van der Waals surface area (Å²) in [6.45, 7) is 3.88. The smallest absolute Gasteiger partial charge is 0.407 e. The van der Waals surface area contributed by atoms with Gasteiger partial charge in [-0.05, 0) is 22.3 Å². The van der Waals surface area contributed by atoms with Crippen LogP contribution in [0.4, 0.5) is 4.79 Å². The number of benzene rings is 2. The van der Waals surface area contributed by atoms with E-state index < -0.39 is 91.2 Å². The molecule has 3 amide bonds. The number of alkyl carbamates (subject to hydrolysis) is 1. The minimum atomic E-state index is -1.54. The normalized spacial score (nSPS) is 21.8. The molecule has 50 heavy (non-hydrogen) atoms. The van der Waals surface area contributed by atoms with Gasteiger partial charge in [-0.15, -0.1) is 0 Å². The van der Waals surface area contributed by atoms with Crippen LogP contribution in [0.2, 0.25) is 0 Å². The quantitative estimate of drug-likeness (QED) is 0.122. The number of rotatable bonds is 12. The molecule has 1 fully saturated rings. The molecule has 1 heterocycles. The van der Waals surface area contributed by atoms with E-state index in [2.05, 4.69) is 16.0 Å². The highest BCUT2D eigenvalue weighted by molar-refractivity contribution is 5.80. The number of aliphatic hydroxyl groups excluding tert-OH is 2. The lowest BCUT2D eigenvalue weighted by atomic mass is 9.94. The fourth-order valence-corrected chi connectivity index (χ4v) is 5.97. The van der Waals surface area contributed by atoms with Crippen molar-refractivity contribution in [2.75, 3.05) is 13.2 Å². The van der Waals surface area contributed by atoms with Crippen LogP contribution >= 0.6 is 0 Å². The predicted octanol–water partition coefficient (Wildman–Crippen LogP) is 2.01. The van der Waals surface area contributed by atoms with E-state index in [-0.39, 0.29) is 12.5 Å². The summed E-state index contributed by atoms with van der Waals surface area (Å²) in [4.78, 5) is 74.2. The van der Waals surface area contributed by atoms with Crippen LogP contribution in [0.5, 0.6) is 0 Å². The van der Waals surface area contributed by atoms with Crippen LogP contribution in [-0.4, -0.2) is 95.9 Å². The molecule has 1 aliphatic heterocycles. The van der Waals surface area contributed by atoms with Gasteiger partial charge in [-0.2, -0.15) is 0 Å². The van der Waals surface area contributed by atoms with Crippen LogP contribution < -0.4 is 16.0 Å². The topological polar surface area (TPSA) is 225 Å². The summed E-state index contributed by atoms with van der Waals surface area (Å²) in [6, 6.07) is 12.6. The summed E-state index contributed by atoms with van der Waals surface area (Å²) >= 11 is 0. The molecule has 2 aromatic carbocycles. The van der Waals surface area contributed by atoms with Gasteiger partial charge in [-0.1, -0.05) is 48.5 Å². The van der Waals surface area contributed by atoms with E-state index in [1.165, 1.54) is 0 Å². The molecule has 0 saturated carbocycles. The Morgan fingerprint density at radius 3 is 1.92 bits per heavy atom. The number of fused-ring (bicyclic) bond motifs is 3. The summed E-state index contributed by atoms with van der Waals surface area (Å²) in [5, 5.41) is 27.3. The van der Waals surface area contributed by atoms with Gasteiger partial charge in [0.05, 0.1) is 6.42 Å². The number of nitrogens with one attached hydrogen (secondary N) is 3. The number of hydrogen-bond acceptors (Lipinski definition) is 13. The summed E-state index contributed by atoms with van der Waals surface area (Å²) in [6.07, 6.45) is -7.01. The van der Waals surface area contributed by atoms with Crippen molar-refractivity contribution in [1.29, 1.82) is 0 Å². The van der Waals surface area contributed by atoms with E-state index in [1.54, 1.807) is 0 Å². The number of aliphatic hydroxyl groups is 2. The van der Waals surface area contributed by atoms with Crippen molar-refractivity contribution in [2.24, 2.45) is 0 Å². The first-order chi connectivity index (χ1) is 23.8. The van der Waals surface area contributed by atoms with Crippen LogP contribution in [0.25, 0.3) is 11.1 Å². The molecule has 6 atom stereocenters. The highest BCUT2D eigenvalue weighted by Gasteiger charge is 2.51. The zero-order valence-electron chi connectivity index (χ0n) is 27.7. The molecule has 5 N–H and O–H groups in total. The minimum Gasteiger partial charge on any atom is -0.512 e. The molecule has 0 spiro atoms. The predicted molar refractivity (Wildman–Crippen MR) is 172 cm³/mol. The molecule has 1 saturated heterocycles. The highest BCUT2D eigenvalue weighted by Crippen LogP contribution is 2.44. The van der Waals surface area contributed by atoms with Gasteiger partial charge < -0.3 is 49.8 Å². The van der Waals surface area contributed by atoms with E-state index in [0.717, 1.165) is 49.9 Å². The second-order valence-corrected chi connectivity index (χ2v) is 11.6. The number of hydrogen-bond donors (Lipinski definition) is 5. The molecule has 0 bridgehead atoms. The van der Waals surface area contributed by atoms with Crippen molar-refractivity contribution in [3.05, 3.63) is 71.7 Å². The molecular formula is C34H39N3O13. The Labute approximate surface area is 287 Å². The number of ether oxygens (including phenoxy) is 5. The number of esters is 3. The maximum Gasteiger partial charge on any atom is 0.407 e. The van der Waals surface area contributed by atoms with Gasteiger partial charge in [0.15, 0.2) is 18.4 Å². The van der Waals surface area contributed by atoms with E-state index in [4.69, 9.17) is 23.7 Å². The fourth-order valence-electron chi connectivity index (χ4n) is 5.97. The average Bonchev–Trinajstić information content (AvgIpc) is 3.37. The fraction of sp³-hybridized carbons (Fsp3) is 0.412. The lowest BCUT2D eigenvalue weighted by Gasteiger charge is -2.45. The molecule has 2 aliphatic rings. The summed E-state index contributed by atoms with van der Waals surface area (Å²) in [7, 11) is 0. The Morgan fingerprint density at radius 1 is 0.800 bits per heavy atom. The van der Waals surface area contributed by atoms with Gasteiger partial charge >= 0.3 is 24.0 Å². The molecule has 0 aromatic heterocycles. The van der Waals surface area contributed by atoms with Crippen LogP contribution in [0.1, 0.15) is 51.2 Å². The maximum absolute atomic E-state index is 13.4. The SMILES string of the molecule is CC(=O)N[C@@H]1[C@@H](OC(C)=O)[C@H](NC(=O)C[C@H](NC(=O)OCC2c3ccccc3-c3ccccc32)/C(O)=C/O)O[C@H](COC(C)=O)[C@H]1OC(C)=O. The summed E-state index contributed by atoms with van der Waals surface area (Å²) < 4.78 is 27.2. The first-order valence-corrected chi connectivity index (χ1v) is 15.6. The first-order valence-electron chi connectivity index (χ1n) is 15.6. The van der Waals surface area contributed by atoms with Gasteiger partial charge in [-0.25, -0.2) is 4.79 Å². The van der Waals surface area contributed by atoms with Crippen molar-refractivity contribution in [2.45, 2.75) is 76.7 Å². The number of carbonyl (C=O) groups excluding carboxylic acids is 6. The third-order valence-corrected chi connectivity index (χ3v) is 7.94. The molecule has 4 rings (SSSR count). The third-order valence-electron chi connectivity index (χ3n) is 7.94. The second-order valence-electron chi connectivity index (χ2n) is 11.6. The zero-order chi connectivity index (χ0) is 36.5. The van der Waals surface area contributed by atoms with Crippen molar-refractivity contribution in [3.63, 3.8) is 0 Å². The molecule has 268 valence electrons. The van der Waals surface area contributed by atoms with Gasteiger partial charge in [0.25, 0.3) is 0 Å². The van der Waals surface area contributed by atoms with Gasteiger partial charge in [0.1, 0.15) is 43.4 Å². The van der Waals surface area contributed by atoms with E-state index in [0.29, 0.717) is 6.26 Å². The Kier molecular flexibility index (Phi) is 12.4. The summed E-state index contributed by atoms with van der Waals surface area (Å²) in [5.41, 5.74) is 3.95. The van der Waals surface area contributed by atoms with E-state index in [1.807, 2.05) is 48.5 Å². The van der Waals surface area contributed by atoms with E-state index >= 15 is 0 Å². The lowest BCUT2D eigenvalue weighted by Crippen LogP contribution is -2.69. The van der Waals surface area contributed by atoms with Crippen molar-refractivity contribution >= 4 is 35.8 Å². The Bertz CT molecular complexity index is 1600. The largest absolute Gasteiger partial charge is 0.512 e. The highest BCUT2D eigenvalue weighted by atomic mass is 16.6. The average molecular weight is 698 g/mol. The van der Waals surface area contributed by atoms with Crippen molar-refractivity contribution in [3.8, 4) is 11.1 Å². The standard InChI is InChI=1S/C34H39N3O13/c1-17(39)35-30-31(48-19(3)41)28(16-46-18(2)40)50-33(32(30)49-20(4)42)37-29(44)13-26(27(43)14-38)36-34(45)47-15-25-23-11-7-5-9-21(23)22-10-6-8-12-24(22)25/h5-12,14,25-26,28,30-33,38,43H,13,15-16H2,1-4H3,(H,35,39)(H,36,45)(H,37,44)/b27-14-/t26-,28+,30-,31+,32+,33+/m0/s1. The Balaban J connectivity index is 1.49. The van der Waals surface area contributed by atoms with Crippen LogP contribution in [0, 0.1) is 0 Å². The molecule has 0 radical (unpaired) electrons. The van der Waals surface area contributed by atoms with E-state index in [9.17, 15) is 39.0 Å². The van der Waals surface area contributed by atoms with Crippen LogP contribution in [0.15, 0.2) is 60.6 Å². The molecule has 16 heteroatoms. The van der Waals surface area contributed by atoms with Crippen LogP contribution in [0.3, 0.4) is 0 Å². The summed E-state index contributed by atoms with van der Waals surface area (Å²) in [5.74, 6) is -4.92. The molecule has 2 aromatic rings. The molecule has 0 unspecified atom stereocenters. The van der Waals surface area contributed by atoms with Crippen molar-refractivity contribution in [1.82, 2.24) is 16.0 Å². The van der Waals surface area contributed by atoms with Gasteiger partial charge in [-0.3, -0.25) is 24.0 Å². The van der Waals surface area contributed by atoms with Gasteiger partial charge in [0.2, 0.25) is 11.8 Å². The Hall–Kier alpha value is -5.64.